The number of aromatic nitrogens is 1. The van der Waals surface area contributed by atoms with E-state index in [2.05, 4.69) is 39.4 Å². The van der Waals surface area contributed by atoms with Gasteiger partial charge in [0.15, 0.2) is 0 Å². The minimum absolute atomic E-state index is 0.856. The van der Waals surface area contributed by atoms with Crippen LogP contribution in [0.4, 0.5) is 0 Å². The van der Waals surface area contributed by atoms with Crippen molar-refractivity contribution in [2.45, 2.75) is 0 Å². The molecule has 0 bridgehead atoms. The van der Waals surface area contributed by atoms with Gasteiger partial charge in [-0.15, -0.1) is 0 Å². The van der Waals surface area contributed by atoms with E-state index in [0.717, 1.165) is 23.2 Å². The zero-order valence-corrected chi connectivity index (χ0v) is 11.0. The molecule has 0 amide bonds. The molecule has 0 saturated carbocycles. The number of likely N-dealkylation sites (N-methyl/N-ethyl adjacent to an activating group) is 1. The average molecular weight is 244 g/mol. The molecule has 2 heterocycles. The van der Waals surface area contributed by atoms with Crippen molar-refractivity contribution in [3.05, 3.63) is 47.4 Å². The summed E-state index contributed by atoms with van der Waals surface area (Å²) >= 11 is 1.70. The molecule has 0 unspecified atom stereocenters. The van der Waals surface area contributed by atoms with Crippen LogP contribution in [0, 0.1) is 0 Å². The van der Waals surface area contributed by atoms with Gasteiger partial charge in [-0.2, -0.15) is 11.3 Å². The van der Waals surface area contributed by atoms with Crippen LogP contribution >= 0.6 is 11.3 Å². The Morgan fingerprint density at radius 1 is 1.35 bits per heavy atom. The van der Waals surface area contributed by atoms with Gasteiger partial charge < -0.3 is 4.90 Å². The molecule has 0 saturated heterocycles. The summed E-state index contributed by atoms with van der Waals surface area (Å²) in [6, 6.07) is 4.26. The van der Waals surface area contributed by atoms with E-state index in [-0.39, 0.29) is 0 Å². The standard InChI is InChI=1S/C14H16N2S/c1-11(9-16(2)3)13-6-14(8-15-7-13)12-4-5-17-10-12/h4-8,10H,1,9H2,2-3H3. The highest BCUT2D eigenvalue weighted by Gasteiger charge is 2.04. The van der Waals surface area contributed by atoms with Gasteiger partial charge in [0.2, 0.25) is 0 Å². The molecular formula is C14H16N2S. The number of rotatable bonds is 4. The van der Waals surface area contributed by atoms with Gasteiger partial charge in [0.05, 0.1) is 0 Å². The summed E-state index contributed by atoms with van der Waals surface area (Å²) in [5.41, 5.74) is 4.59. The van der Waals surface area contributed by atoms with Crippen LogP contribution in [0.15, 0.2) is 41.9 Å². The first-order chi connectivity index (χ1) is 8.16. The first-order valence-corrected chi connectivity index (χ1v) is 6.41. The van der Waals surface area contributed by atoms with E-state index in [9.17, 15) is 0 Å². The first kappa shape index (κ1) is 12.0. The van der Waals surface area contributed by atoms with Crippen LogP contribution in [-0.4, -0.2) is 30.5 Å². The summed E-state index contributed by atoms with van der Waals surface area (Å²) in [6.07, 6.45) is 3.77. The summed E-state index contributed by atoms with van der Waals surface area (Å²) in [4.78, 5) is 6.40. The van der Waals surface area contributed by atoms with Gasteiger partial charge in [-0.25, -0.2) is 0 Å². The van der Waals surface area contributed by atoms with E-state index in [1.165, 1.54) is 5.56 Å². The molecule has 88 valence electrons. The highest BCUT2D eigenvalue weighted by molar-refractivity contribution is 7.08. The Morgan fingerprint density at radius 3 is 2.82 bits per heavy atom. The van der Waals surface area contributed by atoms with Crippen molar-refractivity contribution in [3.63, 3.8) is 0 Å². The van der Waals surface area contributed by atoms with Crippen LogP contribution in [0.1, 0.15) is 5.56 Å². The summed E-state index contributed by atoms with van der Waals surface area (Å²) in [7, 11) is 4.09. The smallest absolute Gasteiger partial charge is 0.0347 e. The molecule has 0 spiro atoms. The lowest BCUT2D eigenvalue weighted by Gasteiger charge is -2.12. The highest BCUT2D eigenvalue weighted by atomic mass is 32.1. The molecule has 0 N–H and O–H groups in total. The Bertz CT molecular complexity index is 501. The lowest BCUT2D eigenvalue weighted by molar-refractivity contribution is 0.463. The summed E-state index contributed by atoms with van der Waals surface area (Å²) in [6.45, 7) is 4.96. The molecule has 0 aromatic carbocycles. The van der Waals surface area contributed by atoms with E-state index < -0.39 is 0 Å². The minimum Gasteiger partial charge on any atom is -0.305 e. The van der Waals surface area contributed by atoms with Crippen molar-refractivity contribution in [2.24, 2.45) is 0 Å². The fraction of sp³-hybridized carbons (Fsp3) is 0.214. The maximum Gasteiger partial charge on any atom is 0.0347 e. The van der Waals surface area contributed by atoms with E-state index in [1.807, 2.05) is 26.5 Å². The Morgan fingerprint density at radius 2 is 2.18 bits per heavy atom. The van der Waals surface area contributed by atoms with Gasteiger partial charge >= 0.3 is 0 Å². The Hall–Kier alpha value is -1.45. The molecular weight excluding hydrogens is 228 g/mol. The molecule has 2 aromatic rings. The number of thiophene rings is 1. The zero-order valence-electron chi connectivity index (χ0n) is 10.2. The summed E-state index contributed by atoms with van der Waals surface area (Å²) in [5.74, 6) is 0. The molecule has 2 rings (SSSR count). The van der Waals surface area contributed by atoms with E-state index in [1.54, 1.807) is 11.3 Å². The largest absolute Gasteiger partial charge is 0.305 e. The zero-order chi connectivity index (χ0) is 12.3. The van der Waals surface area contributed by atoms with Crippen LogP contribution in [0.25, 0.3) is 16.7 Å². The predicted molar refractivity (Wildman–Crippen MR) is 75.1 cm³/mol. The van der Waals surface area contributed by atoms with Crippen molar-refractivity contribution in [1.29, 1.82) is 0 Å². The first-order valence-electron chi connectivity index (χ1n) is 5.47. The number of pyridine rings is 1. The second-order valence-electron chi connectivity index (χ2n) is 4.32. The molecule has 2 nitrogen and oxygen atoms in total. The number of hydrogen-bond acceptors (Lipinski definition) is 3. The van der Waals surface area contributed by atoms with E-state index in [4.69, 9.17) is 0 Å². The second-order valence-corrected chi connectivity index (χ2v) is 5.10. The molecule has 0 aliphatic heterocycles. The fourth-order valence-electron chi connectivity index (χ4n) is 1.69. The summed E-state index contributed by atoms with van der Waals surface area (Å²) < 4.78 is 0. The second kappa shape index (κ2) is 5.25. The Kier molecular flexibility index (Phi) is 3.71. The molecule has 3 heteroatoms. The van der Waals surface area contributed by atoms with Crippen LogP contribution < -0.4 is 0 Å². The average Bonchev–Trinajstić information content (AvgIpc) is 2.82. The minimum atomic E-state index is 0.856. The molecule has 0 aliphatic carbocycles. The van der Waals surface area contributed by atoms with Gasteiger partial charge in [-0.05, 0) is 53.7 Å². The van der Waals surface area contributed by atoms with Crippen molar-refractivity contribution in [3.8, 4) is 11.1 Å². The van der Waals surface area contributed by atoms with E-state index in [0.29, 0.717) is 0 Å². The lowest BCUT2D eigenvalue weighted by Crippen LogP contribution is -2.14. The maximum atomic E-state index is 4.29. The molecule has 0 radical (unpaired) electrons. The Labute approximate surface area is 106 Å². The van der Waals surface area contributed by atoms with Gasteiger partial charge in [-0.1, -0.05) is 6.58 Å². The van der Waals surface area contributed by atoms with Crippen LogP contribution in [0.2, 0.25) is 0 Å². The molecule has 2 aromatic heterocycles. The Balaban J connectivity index is 2.26. The third kappa shape index (κ3) is 3.02. The summed E-state index contributed by atoms with van der Waals surface area (Å²) in [5, 5.41) is 4.21. The SMILES string of the molecule is C=C(CN(C)C)c1cncc(-c2ccsc2)c1. The van der Waals surface area contributed by atoms with Crippen LogP contribution in [0.3, 0.4) is 0 Å². The lowest BCUT2D eigenvalue weighted by atomic mass is 10.0. The fourth-order valence-corrected chi connectivity index (χ4v) is 2.36. The van der Waals surface area contributed by atoms with Crippen molar-refractivity contribution in [2.75, 3.05) is 20.6 Å². The topological polar surface area (TPSA) is 16.1 Å². The highest BCUT2D eigenvalue weighted by Crippen LogP contribution is 2.24. The molecule has 17 heavy (non-hydrogen) atoms. The van der Waals surface area contributed by atoms with Crippen molar-refractivity contribution in [1.82, 2.24) is 9.88 Å². The van der Waals surface area contributed by atoms with Gasteiger partial charge in [-0.3, -0.25) is 4.98 Å². The number of nitrogens with zero attached hydrogens (tertiary/aromatic N) is 2. The van der Waals surface area contributed by atoms with Crippen molar-refractivity contribution >= 4 is 16.9 Å². The quantitative estimate of drug-likeness (QED) is 0.819. The van der Waals surface area contributed by atoms with Crippen molar-refractivity contribution < 1.29 is 0 Å². The monoisotopic (exact) mass is 244 g/mol. The van der Waals surface area contributed by atoms with Gasteiger partial charge in [0.1, 0.15) is 0 Å². The van der Waals surface area contributed by atoms with Crippen LogP contribution in [-0.2, 0) is 0 Å². The van der Waals surface area contributed by atoms with Crippen LogP contribution in [0.5, 0.6) is 0 Å². The third-order valence-corrected chi connectivity index (χ3v) is 3.19. The van der Waals surface area contributed by atoms with E-state index >= 15 is 0 Å². The molecule has 0 aliphatic rings. The van der Waals surface area contributed by atoms with Gasteiger partial charge in [0, 0.05) is 24.5 Å². The predicted octanol–water partition coefficient (Wildman–Crippen LogP) is 3.38. The third-order valence-electron chi connectivity index (χ3n) is 2.51. The maximum absolute atomic E-state index is 4.29. The molecule has 0 fully saturated rings. The van der Waals surface area contributed by atoms with Gasteiger partial charge in [0.25, 0.3) is 0 Å². The molecule has 0 atom stereocenters. The normalized spacial score (nSPS) is 10.8. The number of hydrogen-bond donors (Lipinski definition) is 0.